The average Bonchev–Trinajstić information content (AvgIpc) is 2.05. The molecule has 0 saturated heterocycles. The molecule has 0 aromatic heterocycles. The molecule has 1 amide bonds. The first-order chi connectivity index (χ1) is 5.72. The average molecular weight is 170 g/mol. The topological polar surface area (TPSA) is 77.9 Å². The van der Waals surface area contributed by atoms with Gasteiger partial charge in [0.25, 0.3) is 0 Å². The fourth-order valence-electron chi connectivity index (χ4n) is 0.666. The molecule has 0 saturated carbocycles. The van der Waals surface area contributed by atoms with Gasteiger partial charge in [0.05, 0.1) is 0 Å². The molecular weight excluding hydrogens is 156 g/mol. The van der Waals surface area contributed by atoms with Gasteiger partial charge in [0.15, 0.2) is 0 Å². The van der Waals surface area contributed by atoms with Crippen molar-refractivity contribution in [2.45, 2.75) is 32.7 Å². The van der Waals surface area contributed by atoms with E-state index in [0.29, 0.717) is 6.54 Å². The maximum atomic E-state index is 11.0. The first-order valence-electron chi connectivity index (χ1n) is 4.04. The zero-order valence-electron chi connectivity index (χ0n) is 7.45. The van der Waals surface area contributed by atoms with E-state index in [2.05, 4.69) is 15.3 Å². The monoisotopic (exact) mass is 170 g/mol. The fraction of sp³-hybridized carbons (Fsp3) is 0.857. The molecular formula is C7H14N4O. The number of unbranched alkanes of at least 4 members (excludes halogenated alkanes) is 1. The maximum absolute atomic E-state index is 11.0. The van der Waals surface area contributed by atoms with E-state index in [1.165, 1.54) is 0 Å². The number of nitrogens with zero attached hydrogens (tertiary/aromatic N) is 3. The van der Waals surface area contributed by atoms with Gasteiger partial charge in [-0.3, -0.25) is 4.79 Å². The van der Waals surface area contributed by atoms with Gasteiger partial charge in [0.2, 0.25) is 5.91 Å². The van der Waals surface area contributed by atoms with Crippen LogP contribution in [0.1, 0.15) is 26.7 Å². The lowest BCUT2D eigenvalue weighted by molar-refractivity contribution is -0.121. The Balaban J connectivity index is 3.64. The van der Waals surface area contributed by atoms with Crippen LogP contribution in [0.5, 0.6) is 0 Å². The van der Waals surface area contributed by atoms with Crippen LogP contribution in [0, 0.1) is 0 Å². The largest absolute Gasteiger partial charge is 0.356 e. The van der Waals surface area contributed by atoms with Crippen LogP contribution in [0.4, 0.5) is 0 Å². The summed E-state index contributed by atoms with van der Waals surface area (Å²) in [5.41, 5.74) is 8.04. The summed E-state index contributed by atoms with van der Waals surface area (Å²) in [6.07, 6.45) is 1.99. The molecule has 12 heavy (non-hydrogen) atoms. The van der Waals surface area contributed by atoms with Crippen molar-refractivity contribution in [3.8, 4) is 0 Å². The van der Waals surface area contributed by atoms with E-state index in [1.54, 1.807) is 6.92 Å². The smallest absolute Gasteiger partial charge is 0.228 e. The first kappa shape index (κ1) is 10.8. The highest BCUT2D eigenvalue weighted by Crippen LogP contribution is 1.90. The zero-order valence-corrected chi connectivity index (χ0v) is 7.45. The minimum absolute atomic E-state index is 0.207. The highest BCUT2D eigenvalue weighted by atomic mass is 16.2. The Labute approximate surface area is 71.8 Å². The Morgan fingerprint density at radius 3 is 2.92 bits per heavy atom. The van der Waals surface area contributed by atoms with E-state index >= 15 is 0 Å². The molecule has 5 heteroatoms. The molecule has 0 aliphatic carbocycles. The summed E-state index contributed by atoms with van der Waals surface area (Å²) in [6.45, 7) is 4.27. The van der Waals surface area contributed by atoms with Crippen molar-refractivity contribution in [1.29, 1.82) is 0 Å². The Morgan fingerprint density at radius 1 is 1.75 bits per heavy atom. The number of hydrogen-bond donors (Lipinski definition) is 1. The lowest BCUT2D eigenvalue weighted by Crippen LogP contribution is -2.31. The van der Waals surface area contributed by atoms with Crippen LogP contribution in [0.3, 0.4) is 0 Å². The van der Waals surface area contributed by atoms with Crippen molar-refractivity contribution in [3.63, 3.8) is 0 Å². The predicted molar refractivity (Wildman–Crippen MR) is 46.5 cm³/mol. The molecule has 0 heterocycles. The van der Waals surface area contributed by atoms with Gasteiger partial charge in [0.1, 0.15) is 6.04 Å². The molecule has 0 bridgehead atoms. The predicted octanol–water partition coefficient (Wildman–Crippen LogP) is 1.60. The number of amides is 1. The summed E-state index contributed by atoms with van der Waals surface area (Å²) < 4.78 is 0. The minimum Gasteiger partial charge on any atom is -0.356 e. The van der Waals surface area contributed by atoms with E-state index < -0.39 is 6.04 Å². The van der Waals surface area contributed by atoms with Crippen molar-refractivity contribution < 1.29 is 4.79 Å². The first-order valence-corrected chi connectivity index (χ1v) is 4.04. The number of carbonyl (C=O) groups is 1. The van der Waals surface area contributed by atoms with E-state index in [0.717, 1.165) is 12.8 Å². The number of azide groups is 1. The number of hydrogen-bond acceptors (Lipinski definition) is 2. The van der Waals surface area contributed by atoms with Crippen LogP contribution in [-0.2, 0) is 4.79 Å². The van der Waals surface area contributed by atoms with E-state index in [9.17, 15) is 4.79 Å². The van der Waals surface area contributed by atoms with Crippen molar-refractivity contribution in [3.05, 3.63) is 10.4 Å². The normalized spacial score (nSPS) is 11.5. The molecule has 0 radical (unpaired) electrons. The van der Waals surface area contributed by atoms with Crippen LogP contribution >= 0.6 is 0 Å². The number of nitrogens with one attached hydrogen (secondary N) is 1. The van der Waals surface area contributed by atoms with Gasteiger partial charge < -0.3 is 5.32 Å². The molecule has 0 aromatic carbocycles. The third-order valence-corrected chi connectivity index (χ3v) is 1.43. The third kappa shape index (κ3) is 4.57. The molecule has 68 valence electrons. The van der Waals surface area contributed by atoms with Gasteiger partial charge in [-0.15, -0.1) is 0 Å². The van der Waals surface area contributed by atoms with Crippen LogP contribution in [0.2, 0.25) is 0 Å². The third-order valence-electron chi connectivity index (χ3n) is 1.43. The molecule has 0 aliphatic heterocycles. The van der Waals surface area contributed by atoms with E-state index in [-0.39, 0.29) is 5.91 Å². The SMILES string of the molecule is CCCCNC(=O)C(C)N=[N+]=[N-]. The van der Waals surface area contributed by atoms with Crippen LogP contribution < -0.4 is 5.32 Å². The van der Waals surface area contributed by atoms with Gasteiger partial charge in [-0.05, 0) is 18.9 Å². The summed E-state index contributed by atoms with van der Waals surface area (Å²) in [6, 6.07) is -0.605. The van der Waals surface area contributed by atoms with Crippen molar-refractivity contribution in [1.82, 2.24) is 5.32 Å². The number of rotatable bonds is 5. The molecule has 0 aromatic rings. The highest BCUT2D eigenvalue weighted by molar-refractivity contribution is 5.81. The molecule has 1 N–H and O–H groups in total. The van der Waals surface area contributed by atoms with Gasteiger partial charge in [0, 0.05) is 11.5 Å². The standard InChI is InChI=1S/C7H14N4O/c1-3-4-5-9-7(12)6(2)10-11-8/h6H,3-5H2,1-2H3,(H,9,12). The molecule has 0 spiro atoms. The van der Waals surface area contributed by atoms with Crippen molar-refractivity contribution in [2.75, 3.05) is 6.54 Å². The lowest BCUT2D eigenvalue weighted by atomic mass is 10.3. The summed E-state index contributed by atoms with van der Waals surface area (Å²) in [7, 11) is 0. The molecule has 1 atom stereocenters. The second-order valence-electron chi connectivity index (χ2n) is 2.53. The number of carbonyl (C=O) groups excluding carboxylic acids is 1. The summed E-state index contributed by atoms with van der Waals surface area (Å²) in [5.74, 6) is -0.207. The van der Waals surface area contributed by atoms with Gasteiger partial charge in [-0.1, -0.05) is 18.5 Å². The van der Waals surface area contributed by atoms with Crippen LogP contribution in [-0.4, -0.2) is 18.5 Å². The van der Waals surface area contributed by atoms with Crippen LogP contribution in [0.15, 0.2) is 5.11 Å². The Bertz CT molecular complexity index is 186. The van der Waals surface area contributed by atoms with Gasteiger partial charge in [-0.2, -0.15) is 0 Å². The molecule has 0 fully saturated rings. The second-order valence-corrected chi connectivity index (χ2v) is 2.53. The summed E-state index contributed by atoms with van der Waals surface area (Å²) in [5, 5.41) is 5.94. The lowest BCUT2D eigenvalue weighted by Gasteiger charge is -2.05. The highest BCUT2D eigenvalue weighted by Gasteiger charge is 2.08. The van der Waals surface area contributed by atoms with E-state index in [1.807, 2.05) is 6.92 Å². The van der Waals surface area contributed by atoms with Gasteiger partial charge in [-0.25, -0.2) is 0 Å². The minimum atomic E-state index is -0.605. The second kappa shape index (κ2) is 6.49. The maximum Gasteiger partial charge on any atom is 0.228 e. The quantitative estimate of drug-likeness (QED) is 0.289. The van der Waals surface area contributed by atoms with Crippen molar-refractivity contribution in [2.24, 2.45) is 5.11 Å². The summed E-state index contributed by atoms with van der Waals surface area (Å²) >= 11 is 0. The Hall–Kier alpha value is -1.22. The molecule has 0 aliphatic rings. The summed E-state index contributed by atoms with van der Waals surface area (Å²) in [4.78, 5) is 13.6. The van der Waals surface area contributed by atoms with Crippen LogP contribution in [0.25, 0.3) is 10.4 Å². The van der Waals surface area contributed by atoms with Crippen molar-refractivity contribution >= 4 is 5.91 Å². The molecule has 0 rings (SSSR count). The van der Waals surface area contributed by atoms with E-state index in [4.69, 9.17) is 5.53 Å². The zero-order chi connectivity index (χ0) is 9.40. The van der Waals surface area contributed by atoms with Gasteiger partial charge >= 0.3 is 0 Å². The molecule has 1 unspecified atom stereocenters. The Morgan fingerprint density at radius 2 is 2.42 bits per heavy atom. The Kier molecular flexibility index (Phi) is 5.83. The molecule has 5 nitrogen and oxygen atoms in total. The fourth-order valence-corrected chi connectivity index (χ4v) is 0.666.